The molecule has 3 aliphatic heterocycles. The van der Waals surface area contributed by atoms with Gasteiger partial charge < -0.3 is 4.90 Å². The van der Waals surface area contributed by atoms with Crippen LogP contribution in [0.5, 0.6) is 0 Å². The van der Waals surface area contributed by atoms with Gasteiger partial charge in [-0.25, -0.2) is 4.90 Å². The van der Waals surface area contributed by atoms with Crippen LogP contribution in [0.1, 0.15) is 27.5 Å². The van der Waals surface area contributed by atoms with Gasteiger partial charge in [0, 0.05) is 21.8 Å². The number of hydrogen-bond acceptors (Lipinski definition) is 4. The van der Waals surface area contributed by atoms with Crippen LogP contribution in [-0.4, -0.2) is 28.5 Å². The lowest BCUT2D eigenvalue weighted by Crippen LogP contribution is -2.44. The number of imide groups is 1. The minimum absolute atomic E-state index is 0.195. The summed E-state index contributed by atoms with van der Waals surface area (Å²) >= 11 is 18.5. The van der Waals surface area contributed by atoms with Gasteiger partial charge in [-0.1, -0.05) is 59.1 Å². The molecule has 0 radical (unpaired) electrons. The van der Waals surface area contributed by atoms with Crippen molar-refractivity contribution >= 4 is 64.2 Å². The van der Waals surface area contributed by atoms with Gasteiger partial charge in [0.05, 0.1) is 28.6 Å². The van der Waals surface area contributed by atoms with Crippen molar-refractivity contribution in [2.75, 3.05) is 4.90 Å². The molecule has 3 heterocycles. The predicted molar refractivity (Wildman–Crippen MR) is 136 cm³/mol. The van der Waals surface area contributed by atoms with Gasteiger partial charge in [0.1, 0.15) is 6.04 Å². The number of rotatable bonds is 3. The second-order valence-corrected chi connectivity index (χ2v) is 10.1. The second kappa shape index (κ2) is 8.23. The van der Waals surface area contributed by atoms with Crippen molar-refractivity contribution < 1.29 is 14.4 Å². The summed E-state index contributed by atoms with van der Waals surface area (Å²) in [5, 5.41) is 1.10. The van der Waals surface area contributed by atoms with Crippen molar-refractivity contribution in [1.29, 1.82) is 0 Å². The molecule has 4 atom stereocenters. The fourth-order valence-corrected chi connectivity index (χ4v) is 6.16. The number of fused-ring (bicyclic) bond motifs is 5. The van der Waals surface area contributed by atoms with Crippen LogP contribution in [0.3, 0.4) is 0 Å². The molecule has 0 aliphatic carbocycles. The van der Waals surface area contributed by atoms with Gasteiger partial charge in [-0.05, 0) is 59.7 Å². The molecule has 5 nitrogen and oxygen atoms in total. The van der Waals surface area contributed by atoms with E-state index in [0.29, 0.717) is 15.6 Å². The highest BCUT2D eigenvalue weighted by atomic mass is 35.5. The SMILES string of the molecule is O=C(c1ccc(Cl)cc1)[C@@H]1[C@@H]2C(=O)N(c3ccc(Cl)cc3Cl)C(=O)[C@@H]2[C@@H]2c3ccccc3C=CN12. The number of carbonyl (C=O) groups excluding carboxylic acids is 3. The van der Waals surface area contributed by atoms with Crippen molar-refractivity contribution in [2.45, 2.75) is 12.1 Å². The van der Waals surface area contributed by atoms with Crippen molar-refractivity contribution in [3.63, 3.8) is 0 Å². The maximum absolute atomic E-state index is 13.9. The number of nitrogens with zero attached hydrogens (tertiary/aromatic N) is 2. The van der Waals surface area contributed by atoms with E-state index in [4.69, 9.17) is 34.8 Å². The lowest BCUT2D eigenvalue weighted by atomic mass is 9.83. The van der Waals surface area contributed by atoms with Gasteiger partial charge in [-0.3, -0.25) is 14.4 Å². The number of halogens is 3. The average molecular weight is 524 g/mol. The fraction of sp³-hybridized carbons (Fsp3) is 0.148. The summed E-state index contributed by atoms with van der Waals surface area (Å²) in [6.45, 7) is 0. The average Bonchev–Trinajstić information content (AvgIpc) is 3.32. The molecular weight excluding hydrogens is 507 g/mol. The van der Waals surface area contributed by atoms with Crippen molar-refractivity contribution in [3.8, 4) is 0 Å². The topological polar surface area (TPSA) is 57.7 Å². The third-order valence-electron chi connectivity index (χ3n) is 7.01. The van der Waals surface area contributed by atoms with Crippen LogP contribution in [-0.2, 0) is 9.59 Å². The molecule has 3 aromatic rings. The van der Waals surface area contributed by atoms with Crippen molar-refractivity contribution in [2.24, 2.45) is 11.8 Å². The van der Waals surface area contributed by atoms with E-state index in [-0.39, 0.29) is 22.4 Å². The first-order valence-corrected chi connectivity index (χ1v) is 12.2. The number of ketones is 1. The Kier molecular flexibility index (Phi) is 5.26. The molecular formula is C27H17Cl3N2O3. The van der Waals surface area contributed by atoms with E-state index in [1.165, 1.54) is 6.07 Å². The maximum atomic E-state index is 13.9. The van der Waals surface area contributed by atoms with Gasteiger partial charge in [0.2, 0.25) is 11.8 Å². The van der Waals surface area contributed by atoms with Gasteiger partial charge in [0.25, 0.3) is 0 Å². The Morgan fingerprint density at radius 3 is 2.23 bits per heavy atom. The molecule has 0 saturated carbocycles. The molecule has 3 aliphatic rings. The standard InChI is InChI=1S/C27H17Cl3N2O3/c28-16-7-5-15(6-8-16)25(33)24-22-21(23-18-4-2-1-3-14(18)11-12-31(23)24)26(34)32(27(22)35)20-10-9-17(29)13-19(20)30/h1-13,21-24H/t21-,22+,23-,24-/m0/s1. The van der Waals surface area contributed by atoms with Crippen LogP contribution >= 0.6 is 34.8 Å². The van der Waals surface area contributed by atoms with Crippen LogP contribution in [0.25, 0.3) is 6.08 Å². The highest BCUT2D eigenvalue weighted by Gasteiger charge is 2.64. The Morgan fingerprint density at radius 2 is 1.49 bits per heavy atom. The van der Waals surface area contributed by atoms with E-state index >= 15 is 0 Å². The Balaban J connectivity index is 1.50. The second-order valence-electron chi connectivity index (χ2n) is 8.81. The normalized spacial score (nSPS) is 24.4. The Morgan fingerprint density at radius 1 is 0.800 bits per heavy atom. The highest BCUT2D eigenvalue weighted by Crippen LogP contribution is 2.54. The summed E-state index contributed by atoms with van der Waals surface area (Å²) in [4.78, 5) is 44.6. The number of anilines is 1. The summed E-state index contributed by atoms with van der Waals surface area (Å²) in [7, 11) is 0. The van der Waals surface area contributed by atoms with E-state index in [1.807, 2.05) is 41.4 Å². The number of amides is 2. The van der Waals surface area contributed by atoms with E-state index in [0.717, 1.165) is 16.0 Å². The first-order valence-electron chi connectivity index (χ1n) is 11.0. The van der Waals surface area contributed by atoms with Crippen LogP contribution < -0.4 is 4.90 Å². The molecule has 0 N–H and O–H groups in total. The Hall–Kier alpha value is -3.12. The zero-order chi connectivity index (χ0) is 24.4. The molecule has 8 heteroatoms. The zero-order valence-electron chi connectivity index (χ0n) is 18.1. The fourth-order valence-electron chi connectivity index (χ4n) is 5.54. The summed E-state index contributed by atoms with van der Waals surface area (Å²) < 4.78 is 0. The Labute approximate surface area is 216 Å². The van der Waals surface area contributed by atoms with Crippen molar-refractivity contribution in [1.82, 2.24) is 4.90 Å². The number of carbonyl (C=O) groups is 3. The van der Waals surface area contributed by atoms with Crippen LogP contribution in [0.4, 0.5) is 5.69 Å². The summed E-state index contributed by atoms with van der Waals surface area (Å²) in [6.07, 6.45) is 3.74. The van der Waals surface area contributed by atoms with Gasteiger partial charge in [0.15, 0.2) is 5.78 Å². The van der Waals surface area contributed by atoms with Crippen LogP contribution in [0, 0.1) is 11.8 Å². The summed E-state index contributed by atoms with van der Waals surface area (Å²) in [6, 6.07) is 17.6. The molecule has 3 aromatic carbocycles. The first kappa shape index (κ1) is 22.4. The number of benzene rings is 3. The molecule has 6 rings (SSSR count). The molecule has 2 amide bonds. The predicted octanol–water partition coefficient (Wildman–Crippen LogP) is 6.05. The monoisotopic (exact) mass is 522 g/mol. The molecule has 0 bridgehead atoms. The number of Topliss-reactive ketones (excluding diaryl/α,β-unsaturated/α-hetero) is 1. The lowest BCUT2D eigenvalue weighted by molar-refractivity contribution is -0.123. The third kappa shape index (κ3) is 3.33. The van der Waals surface area contributed by atoms with Crippen molar-refractivity contribution in [3.05, 3.63) is 105 Å². The van der Waals surface area contributed by atoms with E-state index < -0.39 is 29.8 Å². The van der Waals surface area contributed by atoms with E-state index in [2.05, 4.69) is 0 Å². The molecule has 2 saturated heterocycles. The minimum Gasteiger partial charge on any atom is -0.358 e. The maximum Gasteiger partial charge on any atom is 0.240 e. The third-order valence-corrected chi connectivity index (χ3v) is 7.80. The molecule has 35 heavy (non-hydrogen) atoms. The summed E-state index contributed by atoms with van der Waals surface area (Å²) in [5.41, 5.74) is 2.55. The minimum atomic E-state index is -0.877. The molecule has 174 valence electrons. The number of hydrogen-bond donors (Lipinski definition) is 0. The van der Waals surface area contributed by atoms with Gasteiger partial charge in [-0.15, -0.1) is 0 Å². The highest BCUT2D eigenvalue weighted by molar-refractivity contribution is 6.38. The van der Waals surface area contributed by atoms with E-state index in [1.54, 1.807) is 36.4 Å². The summed E-state index contributed by atoms with van der Waals surface area (Å²) in [5.74, 6) is -2.69. The van der Waals surface area contributed by atoms with Crippen LogP contribution in [0.15, 0.2) is 72.9 Å². The Bertz CT molecular complexity index is 1440. The molecule has 0 aromatic heterocycles. The molecule has 0 unspecified atom stereocenters. The lowest BCUT2D eigenvalue weighted by Gasteiger charge is -2.35. The molecule has 0 spiro atoms. The van der Waals surface area contributed by atoms with E-state index in [9.17, 15) is 14.4 Å². The largest absolute Gasteiger partial charge is 0.358 e. The smallest absolute Gasteiger partial charge is 0.240 e. The van der Waals surface area contributed by atoms with Gasteiger partial charge >= 0.3 is 0 Å². The first-order chi connectivity index (χ1) is 16.9. The molecule has 2 fully saturated rings. The van der Waals surface area contributed by atoms with Crippen LogP contribution in [0.2, 0.25) is 15.1 Å². The zero-order valence-corrected chi connectivity index (χ0v) is 20.3. The quantitative estimate of drug-likeness (QED) is 0.310. The van der Waals surface area contributed by atoms with Gasteiger partial charge in [-0.2, -0.15) is 0 Å².